The van der Waals surface area contributed by atoms with Crippen molar-refractivity contribution < 1.29 is 9.53 Å². The van der Waals surface area contributed by atoms with E-state index in [0.717, 1.165) is 27.9 Å². The SMILES string of the molecule is COC(=O)CSc1nnc(Cc2ccccc2)c2ccccc12. The fourth-order valence-electron chi connectivity index (χ4n) is 2.35. The Bertz CT molecular complexity index is 822. The minimum absolute atomic E-state index is 0.229. The number of aromatic nitrogens is 2. The van der Waals surface area contributed by atoms with Crippen LogP contribution in [0.2, 0.25) is 0 Å². The normalized spacial score (nSPS) is 10.7. The molecule has 3 rings (SSSR count). The lowest BCUT2D eigenvalue weighted by molar-refractivity contribution is -0.137. The number of rotatable bonds is 5. The highest BCUT2D eigenvalue weighted by Crippen LogP contribution is 2.27. The van der Waals surface area contributed by atoms with Gasteiger partial charge >= 0.3 is 5.97 Å². The number of ether oxygens (including phenoxy) is 1. The zero-order valence-electron chi connectivity index (χ0n) is 12.7. The topological polar surface area (TPSA) is 52.1 Å². The maximum Gasteiger partial charge on any atom is 0.316 e. The smallest absolute Gasteiger partial charge is 0.316 e. The molecule has 0 aliphatic rings. The molecular formula is C18H16N2O2S. The minimum atomic E-state index is -0.269. The molecule has 1 heterocycles. The second-order valence-electron chi connectivity index (χ2n) is 5.02. The number of hydrogen-bond acceptors (Lipinski definition) is 5. The molecule has 2 aromatic carbocycles. The average molecular weight is 324 g/mol. The van der Waals surface area contributed by atoms with E-state index in [1.54, 1.807) is 0 Å². The van der Waals surface area contributed by atoms with Crippen molar-refractivity contribution in [3.63, 3.8) is 0 Å². The van der Waals surface area contributed by atoms with Gasteiger partial charge in [-0.1, -0.05) is 66.4 Å². The van der Waals surface area contributed by atoms with Crippen LogP contribution in [0.15, 0.2) is 59.6 Å². The summed E-state index contributed by atoms with van der Waals surface area (Å²) < 4.78 is 4.68. The number of carbonyl (C=O) groups is 1. The van der Waals surface area contributed by atoms with E-state index in [4.69, 9.17) is 0 Å². The first-order chi connectivity index (χ1) is 11.3. The fourth-order valence-corrected chi connectivity index (χ4v) is 3.15. The number of benzene rings is 2. The Kier molecular flexibility index (Phi) is 4.88. The van der Waals surface area contributed by atoms with E-state index in [1.807, 2.05) is 42.5 Å². The maximum absolute atomic E-state index is 11.3. The molecule has 0 bridgehead atoms. The van der Waals surface area contributed by atoms with E-state index in [1.165, 1.54) is 24.4 Å². The van der Waals surface area contributed by atoms with Crippen LogP contribution in [0.25, 0.3) is 10.8 Å². The van der Waals surface area contributed by atoms with Crippen LogP contribution in [0.4, 0.5) is 0 Å². The van der Waals surface area contributed by atoms with E-state index in [0.29, 0.717) is 0 Å². The number of esters is 1. The van der Waals surface area contributed by atoms with Gasteiger partial charge in [0.15, 0.2) is 0 Å². The lowest BCUT2D eigenvalue weighted by atomic mass is 10.0. The number of carbonyl (C=O) groups excluding carboxylic acids is 1. The molecule has 0 saturated heterocycles. The highest BCUT2D eigenvalue weighted by atomic mass is 32.2. The summed E-state index contributed by atoms with van der Waals surface area (Å²) in [5, 5.41) is 11.5. The van der Waals surface area contributed by atoms with Gasteiger partial charge in [0.25, 0.3) is 0 Å². The first kappa shape index (κ1) is 15.5. The van der Waals surface area contributed by atoms with Crippen molar-refractivity contribution in [1.82, 2.24) is 10.2 Å². The van der Waals surface area contributed by atoms with Crippen LogP contribution in [0.1, 0.15) is 11.3 Å². The zero-order valence-corrected chi connectivity index (χ0v) is 13.5. The van der Waals surface area contributed by atoms with Crippen molar-refractivity contribution >= 4 is 28.5 Å². The Hall–Kier alpha value is -2.40. The van der Waals surface area contributed by atoms with Crippen LogP contribution in [-0.4, -0.2) is 29.0 Å². The molecule has 0 spiro atoms. The summed E-state index contributed by atoms with van der Waals surface area (Å²) in [6, 6.07) is 18.2. The standard InChI is InChI=1S/C18H16N2O2S/c1-22-17(21)12-23-18-15-10-6-5-9-14(15)16(19-20-18)11-13-7-3-2-4-8-13/h2-10H,11-12H2,1H3. The summed E-state index contributed by atoms with van der Waals surface area (Å²) in [7, 11) is 1.38. The lowest BCUT2D eigenvalue weighted by Crippen LogP contribution is -2.04. The first-order valence-corrected chi connectivity index (χ1v) is 8.24. The van der Waals surface area contributed by atoms with Crippen molar-refractivity contribution in [2.45, 2.75) is 11.4 Å². The molecule has 0 aliphatic carbocycles. The van der Waals surface area contributed by atoms with Gasteiger partial charge in [0.2, 0.25) is 0 Å². The summed E-state index contributed by atoms with van der Waals surface area (Å²) in [6.45, 7) is 0. The first-order valence-electron chi connectivity index (χ1n) is 7.26. The minimum Gasteiger partial charge on any atom is -0.468 e. The van der Waals surface area contributed by atoms with Gasteiger partial charge in [0.05, 0.1) is 18.6 Å². The Morgan fingerprint density at radius 2 is 1.70 bits per heavy atom. The van der Waals surface area contributed by atoms with Crippen molar-refractivity contribution in [1.29, 1.82) is 0 Å². The zero-order chi connectivity index (χ0) is 16.1. The maximum atomic E-state index is 11.3. The molecule has 0 unspecified atom stereocenters. The fraction of sp³-hybridized carbons (Fsp3) is 0.167. The molecule has 116 valence electrons. The van der Waals surface area contributed by atoms with Gasteiger partial charge < -0.3 is 4.74 Å². The van der Waals surface area contributed by atoms with E-state index in [-0.39, 0.29) is 11.7 Å². The summed E-state index contributed by atoms with van der Waals surface area (Å²) in [4.78, 5) is 11.3. The molecule has 23 heavy (non-hydrogen) atoms. The Labute approximate surface area is 138 Å². The van der Waals surface area contributed by atoms with Gasteiger partial charge in [-0.05, 0) is 5.56 Å². The quantitative estimate of drug-likeness (QED) is 0.531. The summed E-state index contributed by atoms with van der Waals surface area (Å²) in [5.74, 6) is -0.0398. The van der Waals surface area contributed by atoms with E-state index < -0.39 is 0 Å². The second kappa shape index (κ2) is 7.24. The molecule has 1 aromatic heterocycles. The third-order valence-electron chi connectivity index (χ3n) is 3.50. The van der Waals surface area contributed by atoms with E-state index in [9.17, 15) is 4.79 Å². The highest BCUT2D eigenvalue weighted by molar-refractivity contribution is 8.00. The number of fused-ring (bicyclic) bond motifs is 1. The monoisotopic (exact) mass is 324 g/mol. The molecule has 4 nitrogen and oxygen atoms in total. The van der Waals surface area contributed by atoms with Gasteiger partial charge in [0.1, 0.15) is 5.03 Å². The molecule has 0 aliphatic heterocycles. The van der Waals surface area contributed by atoms with Gasteiger partial charge in [-0.15, -0.1) is 5.10 Å². The molecule has 3 aromatic rings. The lowest BCUT2D eigenvalue weighted by Gasteiger charge is -2.08. The van der Waals surface area contributed by atoms with Gasteiger partial charge in [0, 0.05) is 17.2 Å². The van der Waals surface area contributed by atoms with Gasteiger partial charge in [-0.25, -0.2) is 0 Å². The summed E-state index contributed by atoms with van der Waals surface area (Å²) in [5.41, 5.74) is 2.14. The van der Waals surface area contributed by atoms with Crippen LogP contribution >= 0.6 is 11.8 Å². The van der Waals surface area contributed by atoms with Crippen LogP contribution in [-0.2, 0) is 16.0 Å². The molecule has 5 heteroatoms. The van der Waals surface area contributed by atoms with Crippen LogP contribution < -0.4 is 0 Å². The van der Waals surface area contributed by atoms with Gasteiger partial charge in [-0.3, -0.25) is 4.79 Å². The Balaban J connectivity index is 1.94. The molecule has 0 radical (unpaired) electrons. The largest absolute Gasteiger partial charge is 0.468 e. The molecular weight excluding hydrogens is 308 g/mol. The number of hydrogen-bond donors (Lipinski definition) is 0. The van der Waals surface area contributed by atoms with Crippen LogP contribution in [0, 0.1) is 0 Å². The Morgan fingerprint density at radius 1 is 1.00 bits per heavy atom. The summed E-state index contributed by atoms with van der Waals surface area (Å²) in [6.07, 6.45) is 0.732. The van der Waals surface area contributed by atoms with E-state index in [2.05, 4.69) is 27.1 Å². The predicted molar refractivity (Wildman–Crippen MR) is 91.5 cm³/mol. The predicted octanol–water partition coefficient (Wildman–Crippen LogP) is 3.49. The summed E-state index contributed by atoms with van der Waals surface area (Å²) >= 11 is 1.35. The molecule has 0 fully saturated rings. The molecule has 0 amide bonds. The molecule has 0 atom stereocenters. The van der Waals surface area contributed by atoms with Crippen LogP contribution in [0.5, 0.6) is 0 Å². The average Bonchev–Trinajstić information content (AvgIpc) is 2.61. The number of methoxy groups -OCH3 is 1. The van der Waals surface area contributed by atoms with Crippen molar-refractivity contribution in [3.8, 4) is 0 Å². The van der Waals surface area contributed by atoms with Crippen molar-refractivity contribution in [2.24, 2.45) is 0 Å². The van der Waals surface area contributed by atoms with Crippen molar-refractivity contribution in [3.05, 3.63) is 65.9 Å². The van der Waals surface area contributed by atoms with Gasteiger partial charge in [-0.2, -0.15) is 5.10 Å². The second-order valence-corrected chi connectivity index (χ2v) is 5.99. The van der Waals surface area contributed by atoms with Crippen LogP contribution in [0.3, 0.4) is 0 Å². The van der Waals surface area contributed by atoms with Crippen molar-refractivity contribution in [2.75, 3.05) is 12.9 Å². The molecule has 0 saturated carbocycles. The third kappa shape index (κ3) is 3.68. The third-order valence-corrected chi connectivity index (χ3v) is 4.45. The number of nitrogens with zero attached hydrogens (tertiary/aromatic N) is 2. The van der Waals surface area contributed by atoms with E-state index >= 15 is 0 Å². The Morgan fingerprint density at radius 3 is 2.43 bits per heavy atom. The molecule has 0 N–H and O–H groups in total. The number of thioether (sulfide) groups is 1. The highest BCUT2D eigenvalue weighted by Gasteiger charge is 2.11.